The van der Waals surface area contributed by atoms with Gasteiger partial charge in [0.05, 0.1) is 24.4 Å². The molecule has 1 aliphatic rings. The number of pyridine rings is 1. The van der Waals surface area contributed by atoms with E-state index in [0.717, 1.165) is 46.3 Å². The molecule has 318 valence electrons. The van der Waals surface area contributed by atoms with Gasteiger partial charge >= 0.3 is 6.09 Å². The fraction of sp³-hybridized carbons (Fsp3) is 0.383. The minimum absolute atomic E-state index is 0.0131. The monoisotopic (exact) mass is 833 g/mol. The highest BCUT2D eigenvalue weighted by atomic mass is 28.4. The number of hydrogen-bond donors (Lipinski definition) is 5. The summed E-state index contributed by atoms with van der Waals surface area (Å²) in [5.74, 6) is 0.690. The summed E-state index contributed by atoms with van der Waals surface area (Å²) >= 11 is 0. The van der Waals surface area contributed by atoms with Crippen LogP contribution in [0.3, 0.4) is 0 Å². The number of aromatic amines is 1. The van der Waals surface area contributed by atoms with Gasteiger partial charge in [-0.05, 0) is 71.9 Å². The number of benzene rings is 4. The maximum absolute atomic E-state index is 12.9. The number of rotatable bonds is 16. The molecule has 4 aromatic carbocycles. The number of nitrogens with one attached hydrogen (secondary N) is 4. The van der Waals surface area contributed by atoms with Gasteiger partial charge < -0.3 is 39.5 Å². The smallest absolute Gasteiger partial charge is 0.411 e. The molecule has 13 heteroatoms. The quantitative estimate of drug-likeness (QED) is 0.0616. The van der Waals surface area contributed by atoms with E-state index in [9.17, 15) is 19.5 Å². The lowest BCUT2D eigenvalue weighted by atomic mass is 10.0. The summed E-state index contributed by atoms with van der Waals surface area (Å²) in [4.78, 5) is 42.8. The molecule has 0 saturated carbocycles. The van der Waals surface area contributed by atoms with Crippen LogP contribution in [-0.2, 0) is 27.0 Å². The van der Waals surface area contributed by atoms with Crippen LogP contribution in [0.5, 0.6) is 11.5 Å². The lowest BCUT2D eigenvalue weighted by Crippen LogP contribution is -2.43. The minimum Gasteiger partial charge on any atom is -0.506 e. The number of aromatic nitrogens is 1. The zero-order chi connectivity index (χ0) is 42.9. The highest BCUT2D eigenvalue weighted by Gasteiger charge is 2.40. The molecule has 12 nitrogen and oxygen atoms in total. The predicted molar refractivity (Wildman–Crippen MR) is 240 cm³/mol. The Bertz CT molecular complexity index is 2300. The van der Waals surface area contributed by atoms with E-state index in [1.165, 1.54) is 6.07 Å². The highest BCUT2D eigenvalue weighted by molar-refractivity contribution is 6.74. The Morgan fingerprint density at radius 3 is 2.40 bits per heavy atom. The molecular weight excluding hydrogens is 775 g/mol. The number of para-hydroxylation sites is 1. The third kappa shape index (κ3) is 11.4. The molecule has 1 atom stereocenters. The van der Waals surface area contributed by atoms with Gasteiger partial charge in [0.25, 0.3) is 0 Å². The van der Waals surface area contributed by atoms with Crippen molar-refractivity contribution in [1.29, 1.82) is 0 Å². The van der Waals surface area contributed by atoms with Gasteiger partial charge in [-0.3, -0.25) is 14.9 Å². The van der Waals surface area contributed by atoms with Crippen LogP contribution in [0.4, 0.5) is 10.5 Å². The van der Waals surface area contributed by atoms with Crippen molar-refractivity contribution in [1.82, 2.24) is 20.5 Å². The fourth-order valence-electron chi connectivity index (χ4n) is 7.22. The number of aromatic hydroxyl groups is 1. The number of ether oxygens (including phenoxy) is 2. The van der Waals surface area contributed by atoms with Gasteiger partial charge in [0.2, 0.25) is 11.5 Å². The summed E-state index contributed by atoms with van der Waals surface area (Å²) in [6.45, 7) is 14.5. The second-order valence-corrected chi connectivity index (χ2v) is 21.7. The molecule has 0 aliphatic carbocycles. The molecule has 5 N–H and O–H groups in total. The predicted octanol–water partition coefficient (Wildman–Crippen LogP) is 8.48. The van der Waals surface area contributed by atoms with E-state index in [1.807, 2.05) is 78.9 Å². The summed E-state index contributed by atoms with van der Waals surface area (Å²) in [6.07, 6.45) is 0.786. The minimum atomic E-state index is -2.24. The zero-order valence-electron chi connectivity index (χ0n) is 35.6. The lowest BCUT2D eigenvalue weighted by molar-refractivity contribution is -0.121. The van der Waals surface area contributed by atoms with Gasteiger partial charge in [-0.1, -0.05) is 87.5 Å². The van der Waals surface area contributed by atoms with E-state index in [4.69, 9.17) is 13.9 Å². The van der Waals surface area contributed by atoms with E-state index >= 15 is 0 Å². The molecule has 2 amide bonds. The Kier molecular flexibility index (Phi) is 14.5. The zero-order valence-corrected chi connectivity index (χ0v) is 36.6. The SMILES string of the molecule is COc1cc(CNC(=O)CCN2CCC(OC(=O)Nc3ccccc3-c3ccccc3)CC2)ccc1CNC[C@@H](O[Si](C)(C)C(C)(C)C)c1ccc(O)c2[nH]c(=O)ccc12. The topological polar surface area (TPSA) is 154 Å². The van der Waals surface area contributed by atoms with Crippen molar-refractivity contribution in [2.24, 2.45) is 0 Å². The highest BCUT2D eigenvalue weighted by Crippen LogP contribution is 2.41. The first-order chi connectivity index (χ1) is 28.7. The molecule has 0 spiro atoms. The van der Waals surface area contributed by atoms with Crippen LogP contribution in [-0.4, -0.2) is 74.7 Å². The Morgan fingerprint density at radius 1 is 0.933 bits per heavy atom. The molecule has 6 rings (SSSR count). The van der Waals surface area contributed by atoms with Crippen molar-refractivity contribution in [2.75, 3.05) is 38.6 Å². The second kappa shape index (κ2) is 19.7. The van der Waals surface area contributed by atoms with E-state index in [1.54, 1.807) is 19.2 Å². The standard InChI is InChI=1S/C47H59N5O7Si/c1-47(2,3)60(5,6)59-42(37-18-20-40(53)45-38(37)19-21-44(55)51-45)31-48-30-34-17-16-32(28-41(34)57-4)29-49-43(54)24-27-52-25-22-35(23-26-52)58-46(56)50-39-15-11-10-14-36(39)33-12-8-7-9-13-33/h7-21,28,35,42,48,53H,22-27,29-31H2,1-6H3,(H,49,54)(H,50,56)(H,51,55)/t42-/m1/s1. The average Bonchev–Trinajstić information content (AvgIpc) is 3.23. The normalized spacial score (nSPS) is 14.4. The molecule has 0 bridgehead atoms. The molecule has 2 heterocycles. The molecule has 1 aliphatic heterocycles. The van der Waals surface area contributed by atoms with Gasteiger partial charge in [0.1, 0.15) is 17.6 Å². The number of carbonyl (C=O) groups excluding carboxylic acids is 2. The van der Waals surface area contributed by atoms with Crippen LogP contribution in [0.25, 0.3) is 22.0 Å². The van der Waals surface area contributed by atoms with Crippen molar-refractivity contribution >= 4 is 36.9 Å². The largest absolute Gasteiger partial charge is 0.506 e. The summed E-state index contributed by atoms with van der Waals surface area (Å²) in [5, 5.41) is 20.8. The Balaban J connectivity index is 0.960. The first-order valence-electron chi connectivity index (χ1n) is 20.7. The first kappa shape index (κ1) is 44.1. The second-order valence-electron chi connectivity index (χ2n) is 16.9. The molecule has 0 unspecified atom stereocenters. The number of piperidine rings is 1. The number of anilines is 1. The Labute approximate surface area is 353 Å². The van der Waals surface area contributed by atoms with E-state index < -0.39 is 14.4 Å². The number of phenols is 1. The summed E-state index contributed by atoms with van der Waals surface area (Å²) in [6, 6.07) is 30.2. The maximum atomic E-state index is 12.9. The number of amides is 2. The number of likely N-dealkylation sites (tertiary alicyclic amines) is 1. The van der Waals surface area contributed by atoms with E-state index in [-0.39, 0.29) is 34.5 Å². The first-order valence-corrected chi connectivity index (χ1v) is 23.6. The van der Waals surface area contributed by atoms with Gasteiger partial charge in [-0.15, -0.1) is 0 Å². The summed E-state index contributed by atoms with van der Waals surface area (Å²) < 4.78 is 18.5. The van der Waals surface area contributed by atoms with Crippen LogP contribution in [0, 0.1) is 0 Å². The molecule has 5 aromatic rings. The number of carbonyl (C=O) groups is 2. The molecule has 1 aromatic heterocycles. The molecule has 60 heavy (non-hydrogen) atoms. The molecular formula is C47H59N5O7Si. The van der Waals surface area contributed by atoms with E-state index in [0.29, 0.717) is 62.4 Å². The number of methoxy groups -OCH3 is 1. The van der Waals surface area contributed by atoms with Crippen LogP contribution in [0.15, 0.2) is 102 Å². The number of nitrogens with zero attached hydrogens (tertiary/aromatic N) is 1. The summed E-state index contributed by atoms with van der Waals surface area (Å²) in [7, 11) is -0.598. The van der Waals surface area contributed by atoms with E-state index in [2.05, 4.69) is 59.7 Å². The number of H-pyrrole nitrogens is 1. The van der Waals surface area contributed by atoms with Crippen LogP contribution < -0.4 is 26.2 Å². The van der Waals surface area contributed by atoms with Crippen LogP contribution >= 0.6 is 0 Å². The van der Waals surface area contributed by atoms with Gasteiger partial charge in [0.15, 0.2) is 8.32 Å². The number of phenolic OH excluding ortho intramolecular Hbond substituents is 1. The third-order valence-electron chi connectivity index (χ3n) is 11.7. The van der Waals surface area contributed by atoms with Crippen molar-refractivity contribution in [2.45, 2.75) is 83.5 Å². The van der Waals surface area contributed by atoms with Crippen molar-refractivity contribution in [3.8, 4) is 22.6 Å². The number of hydrogen-bond acceptors (Lipinski definition) is 9. The summed E-state index contributed by atoms with van der Waals surface area (Å²) in [5.41, 5.74) is 5.54. The molecule has 1 fully saturated rings. The number of fused-ring (bicyclic) bond motifs is 1. The van der Waals surface area contributed by atoms with Gasteiger partial charge in [-0.2, -0.15) is 0 Å². The Morgan fingerprint density at radius 2 is 1.67 bits per heavy atom. The molecule has 0 radical (unpaired) electrons. The van der Waals surface area contributed by atoms with Crippen molar-refractivity contribution in [3.63, 3.8) is 0 Å². The van der Waals surface area contributed by atoms with Crippen molar-refractivity contribution < 1.29 is 28.6 Å². The van der Waals surface area contributed by atoms with Gasteiger partial charge in [0, 0.05) is 68.3 Å². The van der Waals surface area contributed by atoms with Crippen LogP contribution in [0.2, 0.25) is 18.1 Å². The molecule has 1 saturated heterocycles. The van der Waals surface area contributed by atoms with Crippen LogP contribution in [0.1, 0.15) is 62.8 Å². The average molecular weight is 834 g/mol. The lowest BCUT2D eigenvalue weighted by Gasteiger charge is -2.39. The third-order valence-corrected chi connectivity index (χ3v) is 16.2. The van der Waals surface area contributed by atoms with Gasteiger partial charge in [-0.25, -0.2) is 4.79 Å². The Hall–Kier alpha value is -5.47. The van der Waals surface area contributed by atoms with Crippen molar-refractivity contribution in [3.05, 3.63) is 124 Å². The fourth-order valence-corrected chi connectivity index (χ4v) is 8.50. The maximum Gasteiger partial charge on any atom is 0.411 e.